The van der Waals surface area contributed by atoms with Gasteiger partial charge in [0.2, 0.25) is 0 Å². The van der Waals surface area contributed by atoms with Crippen molar-refractivity contribution in [3.05, 3.63) is 64.5 Å². The van der Waals surface area contributed by atoms with Crippen molar-refractivity contribution in [1.82, 2.24) is 0 Å². The van der Waals surface area contributed by atoms with Crippen LogP contribution >= 0.6 is 11.8 Å². The molecule has 0 aliphatic rings. The Bertz CT molecular complexity index is 644. The van der Waals surface area contributed by atoms with Gasteiger partial charge in [0.05, 0.1) is 11.6 Å². The predicted molar refractivity (Wildman–Crippen MR) is 76.6 cm³/mol. The minimum Gasteiger partial charge on any atom is -0.207 e. The van der Waals surface area contributed by atoms with Gasteiger partial charge in [0.15, 0.2) is 0 Å². The van der Waals surface area contributed by atoms with Gasteiger partial charge < -0.3 is 0 Å². The SMILES string of the molecule is Cc1ccc(SCc2ccc(C#N)cc2F)c(C)c1. The molecule has 0 unspecified atom stereocenters. The highest BCUT2D eigenvalue weighted by Gasteiger charge is 2.06. The Balaban J connectivity index is 2.13. The van der Waals surface area contributed by atoms with Crippen molar-refractivity contribution in [2.45, 2.75) is 24.5 Å². The summed E-state index contributed by atoms with van der Waals surface area (Å²) in [5.74, 6) is 0.262. The number of nitriles is 1. The lowest BCUT2D eigenvalue weighted by Gasteiger charge is -2.07. The van der Waals surface area contributed by atoms with Crippen molar-refractivity contribution in [2.75, 3.05) is 0 Å². The molecule has 2 rings (SSSR count). The molecule has 0 amide bonds. The van der Waals surface area contributed by atoms with Gasteiger partial charge in [0.1, 0.15) is 5.82 Å². The van der Waals surface area contributed by atoms with E-state index in [2.05, 4.69) is 32.0 Å². The van der Waals surface area contributed by atoms with Gasteiger partial charge >= 0.3 is 0 Å². The molecule has 0 heterocycles. The first-order valence-electron chi connectivity index (χ1n) is 5.99. The van der Waals surface area contributed by atoms with E-state index in [9.17, 15) is 4.39 Å². The molecule has 1 nitrogen and oxygen atoms in total. The molecule has 0 N–H and O–H groups in total. The Morgan fingerprint density at radius 3 is 2.58 bits per heavy atom. The van der Waals surface area contributed by atoms with Crippen LogP contribution in [0.5, 0.6) is 0 Å². The molecule has 0 spiro atoms. The van der Waals surface area contributed by atoms with E-state index in [4.69, 9.17) is 5.26 Å². The average molecular weight is 271 g/mol. The van der Waals surface area contributed by atoms with E-state index >= 15 is 0 Å². The fraction of sp³-hybridized carbons (Fsp3) is 0.188. The Labute approximate surface area is 117 Å². The molecule has 0 aromatic heterocycles. The lowest BCUT2D eigenvalue weighted by Crippen LogP contribution is -1.90. The van der Waals surface area contributed by atoms with Gasteiger partial charge in [-0.2, -0.15) is 5.26 Å². The van der Waals surface area contributed by atoms with Crippen LogP contribution < -0.4 is 0 Å². The highest BCUT2D eigenvalue weighted by atomic mass is 32.2. The van der Waals surface area contributed by atoms with Crippen LogP contribution in [-0.4, -0.2) is 0 Å². The van der Waals surface area contributed by atoms with Gasteiger partial charge in [-0.25, -0.2) is 4.39 Å². The largest absolute Gasteiger partial charge is 0.207 e. The maximum Gasteiger partial charge on any atom is 0.128 e. The van der Waals surface area contributed by atoms with E-state index in [1.165, 1.54) is 17.2 Å². The Kier molecular flexibility index (Phi) is 4.24. The van der Waals surface area contributed by atoms with Crippen LogP contribution in [0.2, 0.25) is 0 Å². The van der Waals surface area contributed by atoms with E-state index < -0.39 is 0 Å². The number of rotatable bonds is 3. The zero-order chi connectivity index (χ0) is 13.8. The summed E-state index contributed by atoms with van der Waals surface area (Å²) in [5.41, 5.74) is 3.42. The van der Waals surface area contributed by atoms with E-state index in [1.807, 2.05) is 6.07 Å². The number of thioether (sulfide) groups is 1. The lowest BCUT2D eigenvalue weighted by molar-refractivity contribution is 0.617. The second kappa shape index (κ2) is 5.90. The number of aryl methyl sites for hydroxylation is 2. The first kappa shape index (κ1) is 13.6. The Morgan fingerprint density at radius 2 is 1.95 bits per heavy atom. The number of hydrogen-bond donors (Lipinski definition) is 0. The third-order valence-electron chi connectivity index (χ3n) is 2.90. The van der Waals surface area contributed by atoms with Gasteiger partial charge in [0, 0.05) is 10.6 Å². The van der Waals surface area contributed by atoms with Gasteiger partial charge in [-0.1, -0.05) is 23.8 Å². The molecule has 0 saturated carbocycles. The van der Waals surface area contributed by atoms with Crippen LogP contribution in [0.3, 0.4) is 0 Å². The normalized spacial score (nSPS) is 10.2. The van der Waals surface area contributed by atoms with Gasteiger partial charge in [0.25, 0.3) is 0 Å². The van der Waals surface area contributed by atoms with E-state index in [0.29, 0.717) is 16.9 Å². The number of nitrogens with zero attached hydrogens (tertiary/aromatic N) is 1. The molecule has 0 aliphatic heterocycles. The summed E-state index contributed by atoms with van der Waals surface area (Å²) in [6.45, 7) is 4.12. The Hall–Kier alpha value is -1.79. The molecule has 0 bridgehead atoms. The molecule has 3 heteroatoms. The molecule has 19 heavy (non-hydrogen) atoms. The molecule has 96 valence electrons. The summed E-state index contributed by atoms with van der Waals surface area (Å²) in [6.07, 6.45) is 0. The summed E-state index contributed by atoms with van der Waals surface area (Å²) < 4.78 is 13.7. The third-order valence-corrected chi connectivity index (χ3v) is 4.12. The molecule has 2 aromatic carbocycles. The van der Waals surface area contributed by atoms with E-state index in [0.717, 1.165) is 4.90 Å². The number of halogens is 1. The monoisotopic (exact) mass is 271 g/mol. The van der Waals surface area contributed by atoms with Gasteiger partial charge in [-0.05, 0) is 43.2 Å². The van der Waals surface area contributed by atoms with Crippen LogP contribution in [0.4, 0.5) is 4.39 Å². The van der Waals surface area contributed by atoms with Crippen molar-refractivity contribution in [1.29, 1.82) is 5.26 Å². The first-order chi connectivity index (χ1) is 9.10. The second-order valence-electron chi connectivity index (χ2n) is 4.48. The van der Waals surface area contributed by atoms with Crippen LogP contribution in [0.15, 0.2) is 41.3 Å². The van der Waals surface area contributed by atoms with Crippen LogP contribution in [0.25, 0.3) is 0 Å². The molecule has 0 fully saturated rings. The summed E-state index contributed by atoms with van der Waals surface area (Å²) in [6, 6.07) is 12.8. The van der Waals surface area contributed by atoms with Gasteiger partial charge in [-0.3, -0.25) is 0 Å². The summed E-state index contributed by atoms with van der Waals surface area (Å²) in [7, 11) is 0. The summed E-state index contributed by atoms with van der Waals surface area (Å²) >= 11 is 1.61. The van der Waals surface area contributed by atoms with Crippen molar-refractivity contribution >= 4 is 11.8 Å². The Morgan fingerprint density at radius 1 is 1.16 bits per heavy atom. The fourth-order valence-corrected chi connectivity index (χ4v) is 2.85. The minimum absolute atomic E-state index is 0.309. The molecular formula is C16H14FNS. The zero-order valence-electron chi connectivity index (χ0n) is 10.9. The smallest absolute Gasteiger partial charge is 0.128 e. The highest BCUT2D eigenvalue weighted by molar-refractivity contribution is 7.98. The standard InChI is InChI=1S/C16H14FNS/c1-11-3-6-16(12(2)7-11)19-10-14-5-4-13(9-18)8-15(14)17/h3-8H,10H2,1-2H3. The minimum atomic E-state index is -0.309. The van der Waals surface area contributed by atoms with Gasteiger partial charge in [-0.15, -0.1) is 11.8 Å². The van der Waals surface area contributed by atoms with Crippen molar-refractivity contribution < 1.29 is 4.39 Å². The molecule has 0 aliphatic carbocycles. The fourth-order valence-electron chi connectivity index (χ4n) is 1.85. The quantitative estimate of drug-likeness (QED) is 0.761. The van der Waals surface area contributed by atoms with E-state index in [1.54, 1.807) is 23.9 Å². The maximum atomic E-state index is 13.7. The number of benzene rings is 2. The maximum absolute atomic E-state index is 13.7. The lowest BCUT2D eigenvalue weighted by atomic mass is 10.1. The zero-order valence-corrected chi connectivity index (χ0v) is 11.7. The predicted octanol–water partition coefficient (Wildman–Crippen LogP) is 4.61. The molecular weight excluding hydrogens is 257 g/mol. The van der Waals surface area contributed by atoms with Crippen LogP contribution in [0.1, 0.15) is 22.3 Å². The molecule has 2 aromatic rings. The number of hydrogen-bond acceptors (Lipinski definition) is 2. The van der Waals surface area contributed by atoms with Crippen molar-refractivity contribution in [3.8, 4) is 6.07 Å². The third kappa shape index (κ3) is 3.36. The van der Waals surface area contributed by atoms with E-state index in [-0.39, 0.29) is 5.82 Å². The summed E-state index contributed by atoms with van der Waals surface area (Å²) in [4.78, 5) is 1.16. The average Bonchev–Trinajstić information content (AvgIpc) is 2.39. The van der Waals surface area contributed by atoms with Crippen molar-refractivity contribution in [3.63, 3.8) is 0 Å². The molecule has 0 radical (unpaired) electrons. The highest BCUT2D eigenvalue weighted by Crippen LogP contribution is 2.27. The summed E-state index contributed by atoms with van der Waals surface area (Å²) in [5, 5.41) is 8.70. The molecule has 0 atom stereocenters. The van der Waals surface area contributed by atoms with Crippen LogP contribution in [0, 0.1) is 31.0 Å². The first-order valence-corrected chi connectivity index (χ1v) is 6.97. The topological polar surface area (TPSA) is 23.8 Å². The van der Waals surface area contributed by atoms with Crippen LogP contribution in [-0.2, 0) is 5.75 Å². The second-order valence-corrected chi connectivity index (χ2v) is 5.49. The van der Waals surface area contributed by atoms with Crippen molar-refractivity contribution in [2.24, 2.45) is 0 Å². The molecule has 0 saturated heterocycles.